The molecule has 2 rings (SSSR count). The Morgan fingerprint density at radius 2 is 1.96 bits per heavy atom. The molecule has 0 radical (unpaired) electrons. The van der Waals surface area contributed by atoms with Crippen LogP contribution in [0.4, 0.5) is 24.5 Å². The average Bonchev–Trinajstić information content (AvgIpc) is 2.45. The van der Waals surface area contributed by atoms with E-state index in [1.54, 1.807) is 0 Å². The van der Waals surface area contributed by atoms with E-state index in [0.29, 0.717) is 25.3 Å². The van der Waals surface area contributed by atoms with Crippen molar-refractivity contribution in [1.82, 2.24) is 0 Å². The van der Waals surface area contributed by atoms with Gasteiger partial charge in [-0.1, -0.05) is 6.42 Å². The largest absolute Gasteiger partial charge is 0.416 e. The minimum atomic E-state index is -4.67. The van der Waals surface area contributed by atoms with Crippen LogP contribution in [-0.4, -0.2) is 30.9 Å². The number of benzene rings is 1. The summed E-state index contributed by atoms with van der Waals surface area (Å²) in [5.41, 5.74) is -1.81. The number of alkyl halides is 3. The van der Waals surface area contributed by atoms with Crippen LogP contribution < -0.4 is 5.32 Å². The molecular formula is C14H17F3N2O4S. The highest BCUT2D eigenvalue weighted by Crippen LogP contribution is 2.36. The molecule has 24 heavy (non-hydrogen) atoms. The summed E-state index contributed by atoms with van der Waals surface area (Å²) in [5, 5.41) is 13.4. The number of nitro benzene ring substituents is 1. The second-order valence-corrected chi connectivity index (χ2v) is 8.27. The van der Waals surface area contributed by atoms with Crippen LogP contribution in [0.5, 0.6) is 0 Å². The number of sulfone groups is 1. The van der Waals surface area contributed by atoms with Crippen molar-refractivity contribution in [1.29, 1.82) is 0 Å². The van der Waals surface area contributed by atoms with Crippen molar-refractivity contribution >= 4 is 21.2 Å². The van der Waals surface area contributed by atoms with Gasteiger partial charge in [0.2, 0.25) is 0 Å². The zero-order valence-corrected chi connectivity index (χ0v) is 13.7. The molecule has 0 heterocycles. The van der Waals surface area contributed by atoms with Gasteiger partial charge in [-0.15, -0.1) is 0 Å². The molecule has 1 aliphatic carbocycles. The van der Waals surface area contributed by atoms with Crippen LogP contribution in [0, 0.1) is 10.1 Å². The minimum Gasteiger partial charge on any atom is -0.377 e. The first-order valence-corrected chi connectivity index (χ1v) is 9.25. The van der Waals surface area contributed by atoms with Crippen LogP contribution in [0.2, 0.25) is 0 Å². The topological polar surface area (TPSA) is 89.3 Å². The first kappa shape index (κ1) is 18.5. The summed E-state index contributed by atoms with van der Waals surface area (Å²) in [7, 11) is -3.23. The van der Waals surface area contributed by atoms with Crippen molar-refractivity contribution in [2.45, 2.75) is 43.2 Å². The molecule has 2 atom stereocenters. The van der Waals surface area contributed by atoms with E-state index < -0.39 is 37.4 Å². The van der Waals surface area contributed by atoms with Gasteiger partial charge in [-0.25, -0.2) is 8.42 Å². The predicted molar refractivity (Wildman–Crippen MR) is 82.6 cm³/mol. The molecular weight excluding hydrogens is 349 g/mol. The molecule has 1 aliphatic rings. The Bertz CT molecular complexity index is 734. The first-order chi connectivity index (χ1) is 11.0. The quantitative estimate of drug-likeness (QED) is 0.652. The lowest BCUT2D eigenvalue weighted by molar-refractivity contribution is -0.384. The van der Waals surface area contributed by atoms with Crippen LogP contribution in [0.25, 0.3) is 0 Å². The SMILES string of the molecule is CS(=O)(=O)C1CCCC(Nc2ccc(C(F)(F)F)cc2[N+](=O)[O-])C1. The summed E-state index contributed by atoms with van der Waals surface area (Å²) >= 11 is 0. The lowest BCUT2D eigenvalue weighted by atomic mass is 9.94. The summed E-state index contributed by atoms with van der Waals surface area (Å²) < 4.78 is 61.4. The Balaban J connectivity index is 2.24. The number of hydrogen-bond acceptors (Lipinski definition) is 5. The summed E-state index contributed by atoms with van der Waals surface area (Å²) in [6.07, 6.45) is -1.51. The first-order valence-electron chi connectivity index (χ1n) is 7.29. The summed E-state index contributed by atoms with van der Waals surface area (Å²) in [5.74, 6) is 0. The van der Waals surface area contributed by atoms with Crippen LogP contribution in [-0.2, 0) is 16.0 Å². The molecule has 1 fully saturated rings. The molecule has 1 saturated carbocycles. The van der Waals surface area contributed by atoms with Crippen LogP contribution >= 0.6 is 0 Å². The van der Waals surface area contributed by atoms with Crippen molar-refractivity contribution in [3.05, 3.63) is 33.9 Å². The fourth-order valence-electron chi connectivity index (χ4n) is 2.87. The number of nitro groups is 1. The molecule has 1 aromatic rings. The maximum atomic E-state index is 12.7. The molecule has 0 saturated heterocycles. The third-order valence-electron chi connectivity index (χ3n) is 4.11. The summed E-state index contributed by atoms with van der Waals surface area (Å²) in [6.45, 7) is 0. The van der Waals surface area contributed by atoms with E-state index in [2.05, 4.69) is 5.32 Å². The normalized spacial score (nSPS) is 22.2. The monoisotopic (exact) mass is 366 g/mol. The van der Waals surface area contributed by atoms with Gasteiger partial charge in [0.1, 0.15) is 15.5 Å². The van der Waals surface area contributed by atoms with Gasteiger partial charge in [0.05, 0.1) is 15.7 Å². The number of hydrogen-bond donors (Lipinski definition) is 1. The maximum absolute atomic E-state index is 12.7. The third-order valence-corrected chi connectivity index (χ3v) is 5.75. The fourth-order valence-corrected chi connectivity index (χ4v) is 4.04. The summed E-state index contributed by atoms with van der Waals surface area (Å²) in [4.78, 5) is 10.2. The summed E-state index contributed by atoms with van der Waals surface area (Å²) in [6, 6.07) is 1.94. The zero-order valence-electron chi connectivity index (χ0n) is 12.8. The smallest absolute Gasteiger partial charge is 0.377 e. The molecule has 0 bridgehead atoms. The molecule has 1 N–H and O–H groups in total. The molecule has 0 amide bonds. The van der Waals surface area contributed by atoms with Gasteiger partial charge in [-0.3, -0.25) is 10.1 Å². The minimum absolute atomic E-state index is 0.0350. The fraction of sp³-hybridized carbons (Fsp3) is 0.571. The van der Waals surface area contributed by atoms with Crippen molar-refractivity contribution in [2.24, 2.45) is 0 Å². The van der Waals surface area contributed by atoms with Crippen LogP contribution in [0.15, 0.2) is 18.2 Å². The van der Waals surface area contributed by atoms with Gasteiger partial charge in [0.15, 0.2) is 0 Å². The molecule has 0 aliphatic heterocycles. The molecule has 0 aromatic heterocycles. The van der Waals surface area contributed by atoms with E-state index in [0.717, 1.165) is 18.4 Å². The molecule has 6 nitrogen and oxygen atoms in total. The Labute approximate surface area is 137 Å². The van der Waals surface area contributed by atoms with Gasteiger partial charge in [-0.05, 0) is 31.4 Å². The van der Waals surface area contributed by atoms with Crippen molar-refractivity contribution < 1.29 is 26.5 Å². The van der Waals surface area contributed by atoms with Crippen molar-refractivity contribution in [3.8, 4) is 0 Å². The molecule has 1 aromatic carbocycles. The Morgan fingerprint density at radius 3 is 2.50 bits per heavy atom. The zero-order chi connectivity index (χ0) is 18.1. The highest BCUT2D eigenvalue weighted by Gasteiger charge is 2.34. The number of nitrogens with zero attached hydrogens (tertiary/aromatic N) is 1. The standard InChI is InChI=1S/C14H17F3N2O4S/c1-24(22,23)11-4-2-3-10(8-11)18-12-6-5-9(14(15,16)17)7-13(12)19(20)21/h5-7,10-11,18H,2-4,8H2,1H3. The van der Waals surface area contributed by atoms with Gasteiger partial charge in [0, 0.05) is 18.4 Å². The third kappa shape index (κ3) is 4.37. The number of halogens is 3. The van der Waals surface area contributed by atoms with E-state index in [1.165, 1.54) is 0 Å². The average molecular weight is 366 g/mol. The van der Waals surface area contributed by atoms with E-state index in [1.807, 2.05) is 0 Å². The molecule has 2 unspecified atom stereocenters. The Hall–Kier alpha value is -1.84. The maximum Gasteiger partial charge on any atom is 0.416 e. The second kappa shape index (κ2) is 6.58. The lowest BCUT2D eigenvalue weighted by Crippen LogP contribution is -2.34. The molecule has 0 spiro atoms. The van der Waals surface area contributed by atoms with E-state index in [9.17, 15) is 31.7 Å². The Morgan fingerprint density at radius 1 is 1.29 bits per heavy atom. The van der Waals surface area contributed by atoms with Gasteiger partial charge in [0.25, 0.3) is 5.69 Å². The van der Waals surface area contributed by atoms with Gasteiger partial charge in [-0.2, -0.15) is 13.2 Å². The van der Waals surface area contributed by atoms with E-state index in [4.69, 9.17) is 0 Å². The van der Waals surface area contributed by atoms with Gasteiger partial charge < -0.3 is 5.32 Å². The number of rotatable bonds is 4. The number of nitrogens with one attached hydrogen (secondary N) is 1. The van der Waals surface area contributed by atoms with E-state index >= 15 is 0 Å². The van der Waals surface area contributed by atoms with Crippen molar-refractivity contribution in [2.75, 3.05) is 11.6 Å². The second-order valence-electron chi connectivity index (χ2n) is 5.95. The van der Waals surface area contributed by atoms with Crippen LogP contribution in [0.1, 0.15) is 31.2 Å². The van der Waals surface area contributed by atoms with Crippen molar-refractivity contribution in [3.63, 3.8) is 0 Å². The van der Waals surface area contributed by atoms with Crippen LogP contribution in [0.3, 0.4) is 0 Å². The Kier molecular flexibility index (Phi) is 5.07. The molecule has 134 valence electrons. The predicted octanol–water partition coefficient (Wildman–Crippen LogP) is 3.38. The molecule has 10 heteroatoms. The van der Waals surface area contributed by atoms with E-state index in [-0.39, 0.29) is 18.2 Å². The highest BCUT2D eigenvalue weighted by atomic mass is 32.2. The lowest BCUT2D eigenvalue weighted by Gasteiger charge is -2.29. The number of anilines is 1. The van der Waals surface area contributed by atoms with Gasteiger partial charge >= 0.3 is 6.18 Å². The highest BCUT2D eigenvalue weighted by molar-refractivity contribution is 7.91.